The third-order valence-corrected chi connectivity index (χ3v) is 4.92. The summed E-state index contributed by atoms with van der Waals surface area (Å²) < 4.78 is 0. The first-order chi connectivity index (χ1) is 8.24. The van der Waals surface area contributed by atoms with Crippen LogP contribution in [0.5, 0.6) is 0 Å². The van der Waals surface area contributed by atoms with Crippen LogP contribution < -0.4 is 0 Å². The number of hydrogen-bond acceptors (Lipinski definition) is 2. The topological polar surface area (TPSA) is 34.1 Å². The van der Waals surface area contributed by atoms with Gasteiger partial charge >= 0.3 is 0 Å². The lowest BCUT2D eigenvalue weighted by Crippen LogP contribution is -2.28. The van der Waals surface area contributed by atoms with Gasteiger partial charge in [0.1, 0.15) is 5.78 Å². The van der Waals surface area contributed by atoms with Gasteiger partial charge in [0.2, 0.25) is 0 Å². The maximum Gasteiger partial charge on any atom is 0.155 e. The standard InChI is InChI=1S/C15H20O2/c16-13-7-6-10-8-12(5-4-11(10)9-13)14-2-1-3-15(14)17/h9-10,12,14H,1-8H2/t10-,12+,14+/m1/s1. The van der Waals surface area contributed by atoms with Crippen molar-refractivity contribution in [2.24, 2.45) is 17.8 Å². The highest BCUT2D eigenvalue weighted by Gasteiger charge is 2.37. The van der Waals surface area contributed by atoms with Crippen LogP contribution in [0.1, 0.15) is 51.4 Å². The molecule has 92 valence electrons. The number of allylic oxidation sites excluding steroid dienone is 2. The molecule has 2 heteroatoms. The summed E-state index contributed by atoms with van der Waals surface area (Å²) in [6, 6.07) is 0. The fourth-order valence-electron chi connectivity index (χ4n) is 3.99. The van der Waals surface area contributed by atoms with E-state index in [-0.39, 0.29) is 0 Å². The van der Waals surface area contributed by atoms with Gasteiger partial charge in [-0.25, -0.2) is 0 Å². The maximum atomic E-state index is 11.8. The highest BCUT2D eigenvalue weighted by molar-refractivity contribution is 5.91. The van der Waals surface area contributed by atoms with Gasteiger partial charge in [-0.2, -0.15) is 0 Å². The average Bonchev–Trinajstić information content (AvgIpc) is 2.75. The van der Waals surface area contributed by atoms with Crippen molar-refractivity contribution in [1.82, 2.24) is 0 Å². The summed E-state index contributed by atoms with van der Waals surface area (Å²) in [5.41, 5.74) is 1.38. The minimum Gasteiger partial charge on any atom is -0.299 e. The Labute approximate surface area is 102 Å². The van der Waals surface area contributed by atoms with Gasteiger partial charge in [-0.15, -0.1) is 0 Å². The second-order valence-corrected chi connectivity index (χ2v) is 5.92. The van der Waals surface area contributed by atoms with Crippen molar-refractivity contribution < 1.29 is 9.59 Å². The fraction of sp³-hybridized carbons (Fsp3) is 0.733. The van der Waals surface area contributed by atoms with E-state index in [1.807, 2.05) is 6.08 Å². The zero-order chi connectivity index (χ0) is 11.8. The molecule has 3 rings (SSSR count). The lowest BCUT2D eigenvalue weighted by atomic mass is 9.69. The Morgan fingerprint density at radius 3 is 2.65 bits per heavy atom. The molecule has 0 aromatic heterocycles. The number of Topliss-reactive ketones (excluding diaryl/α,β-unsaturated/α-hetero) is 1. The summed E-state index contributed by atoms with van der Waals surface area (Å²) >= 11 is 0. The Kier molecular flexibility index (Phi) is 2.89. The minimum atomic E-state index is 0.312. The van der Waals surface area contributed by atoms with E-state index in [2.05, 4.69) is 0 Å². The fourth-order valence-corrected chi connectivity index (χ4v) is 3.99. The van der Waals surface area contributed by atoms with Crippen molar-refractivity contribution in [1.29, 1.82) is 0 Å². The summed E-state index contributed by atoms with van der Waals surface area (Å²) in [6.07, 6.45) is 10.0. The van der Waals surface area contributed by atoms with Crippen LogP contribution in [0.4, 0.5) is 0 Å². The molecule has 0 heterocycles. The summed E-state index contributed by atoms with van der Waals surface area (Å²) in [5, 5.41) is 0. The Morgan fingerprint density at radius 1 is 1.00 bits per heavy atom. The first kappa shape index (κ1) is 11.2. The predicted octanol–water partition coefficient (Wildman–Crippen LogP) is 3.06. The van der Waals surface area contributed by atoms with Gasteiger partial charge in [0.05, 0.1) is 0 Å². The van der Waals surface area contributed by atoms with Gasteiger partial charge in [-0.3, -0.25) is 9.59 Å². The Morgan fingerprint density at radius 2 is 1.88 bits per heavy atom. The molecule has 0 aromatic carbocycles. The van der Waals surface area contributed by atoms with Crippen LogP contribution in [0.3, 0.4) is 0 Å². The van der Waals surface area contributed by atoms with Crippen LogP contribution >= 0.6 is 0 Å². The lowest BCUT2D eigenvalue weighted by Gasteiger charge is -2.36. The molecular weight excluding hydrogens is 212 g/mol. The molecule has 3 atom stereocenters. The summed E-state index contributed by atoms with van der Waals surface area (Å²) in [7, 11) is 0. The van der Waals surface area contributed by atoms with Crippen LogP contribution in [-0.2, 0) is 9.59 Å². The molecule has 0 bridgehead atoms. The number of ketones is 2. The van der Waals surface area contributed by atoms with E-state index in [1.165, 1.54) is 5.57 Å². The van der Waals surface area contributed by atoms with Crippen LogP contribution in [0, 0.1) is 17.8 Å². The molecule has 0 amide bonds. The normalized spacial score (nSPS) is 37.9. The molecular formula is C15H20O2. The molecule has 0 aliphatic heterocycles. The van der Waals surface area contributed by atoms with Crippen LogP contribution in [0.2, 0.25) is 0 Å². The summed E-state index contributed by atoms with van der Waals surface area (Å²) in [5.74, 6) is 2.40. The van der Waals surface area contributed by atoms with Gasteiger partial charge in [0.25, 0.3) is 0 Å². The molecule has 2 nitrogen and oxygen atoms in total. The molecule has 3 aliphatic carbocycles. The van der Waals surface area contributed by atoms with E-state index in [0.29, 0.717) is 29.3 Å². The maximum absolute atomic E-state index is 11.8. The van der Waals surface area contributed by atoms with Crippen molar-refractivity contribution in [3.63, 3.8) is 0 Å². The van der Waals surface area contributed by atoms with Crippen LogP contribution in [0.25, 0.3) is 0 Å². The number of fused-ring (bicyclic) bond motifs is 1. The van der Waals surface area contributed by atoms with Crippen LogP contribution in [0.15, 0.2) is 11.6 Å². The molecule has 3 aliphatic rings. The van der Waals surface area contributed by atoms with Crippen molar-refractivity contribution >= 4 is 11.6 Å². The molecule has 0 unspecified atom stereocenters. The van der Waals surface area contributed by atoms with Crippen molar-refractivity contribution in [3.8, 4) is 0 Å². The number of carbonyl (C=O) groups excluding carboxylic acids is 2. The van der Waals surface area contributed by atoms with Crippen molar-refractivity contribution in [3.05, 3.63) is 11.6 Å². The van der Waals surface area contributed by atoms with E-state index in [1.54, 1.807) is 0 Å². The highest BCUT2D eigenvalue weighted by Crippen LogP contribution is 2.44. The molecule has 17 heavy (non-hydrogen) atoms. The lowest BCUT2D eigenvalue weighted by molar-refractivity contribution is -0.122. The van der Waals surface area contributed by atoms with E-state index in [9.17, 15) is 9.59 Å². The molecule has 2 fully saturated rings. The Hall–Kier alpha value is -0.920. The second-order valence-electron chi connectivity index (χ2n) is 5.92. The average molecular weight is 232 g/mol. The predicted molar refractivity (Wildman–Crippen MR) is 65.5 cm³/mol. The third kappa shape index (κ3) is 2.10. The van der Waals surface area contributed by atoms with Crippen molar-refractivity contribution in [2.45, 2.75) is 51.4 Å². The van der Waals surface area contributed by atoms with E-state index < -0.39 is 0 Å². The van der Waals surface area contributed by atoms with Gasteiger partial charge in [-0.1, -0.05) is 5.57 Å². The first-order valence-electron chi connectivity index (χ1n) is 7.00. The van der Waals surface area contributed by atoms with Gasteiger partial charge < -0.3 is 0 Å². The second kappa shape index (κ2) is 4.40. The SMILES string of the molecule is O=C1C=C2CC[C@H]([C@@H]3CCCC3=O)C[C@H]2CC1. The molecule has 2 saturated carbocycles. The summed E-state index contributed by atoms with van der Waals surface area (Å²) in [4.78, 5) is 23.2. The number of hydrogen-bond donors (Lipinski definition) is 0. The van der Waals surface area contributed by atoms with E-state index >= 15 is 0 Å². The zero-order valence-corrected chi connectivity index (χ0v) is 10.3. The Balaban J connectivity index is 1.70. The molecule has 0 radical (unpaired) electrons. The van der Waals surface area contributed by atoms with E-state index in [4.69, 9.17) is 0 Å². The minimum absolute atomic E-state index is 0.312. The monoisotopic (exact) mass is 232 g/mol. The molecule has 0 N–H and O–H groups in total. The van der Waals surface area contributed by atoms with Crippen LogP contribution in [-0.4, -0.2) is 11.6 Å². The van der Waals surface area contributed by atoms with Gasteiger partial charge in [0.15, 0.2) is 5.78 Å². The van der Waals surface area contributed by atoms with Gasteiger partial charge in [-0.05, 0) is 56.4 Å². The first-order valence-corrected chi connectivity index (χ1v) is 7.00. The third-order valence-electron chi connectivity index (χ3n) is 4.92. The van der Waals surface area contributed by atoms with Crippen molar-refractivity contribution in [2.75, 3.05) is 0 Å². The largest absolute Gasteiger partial charge is 0.299 e. The molecule has 0 aromatic rings. The zero-order valence-electron chi connectivity index (χ0n) is 10.3. The number of carbonyl (C=O) groups is 2. The molecule has 0 saturated heterocycles. The van der Waals surface area contributed by atoms with E-state index in [0.717, 1.165) is 51.4 Å². The molecule has 0 spiro atoms. The quantitative estimate of drug-likeness (QED) is 0.696. The smallest absolute Gasteiger partial charge is 0.155 e. The summed E-state index contributed by atoms with van der Waals surface area (Å²) in [6.45, 7) is 0. The van der Waals surface area contributed by atoms with Gasteiger partial charge in [0, 0.05) is 18.8 Å². The number of rotatable bonds is 1. The highest BCUT2D eigenvalue weighted by atomic mass is 16.1. The Bertz CT molecular complexity index is 380.